The quantitative estimate of drug-likeness (QED) is 0.714. The molecule has 2 rings (SSSR count). The number of alkyl halides is 1. The van der Waals surface area contributed by atoms with Crippen molar-refractivity contribution >= 4 is 23.2 Å². The molecule has 0 amide bonds. The highest BCUT2D eigenvalue weighted by Crippen LogP contribution is 2.29. The number of rotatable bonds is 7. The summed E-state index contributed by atoms with van der Waals surface area (Å²) in [4.78, 5) is 2.53. The Hall–Kier alpha value is -0.250. The lowest BCUT2D eigenvalue weighted by atomic mass is 9.91. The van der Waals surface area contributed by atoms with Crippen molar-refractivity contribution in [2.24, 2.45) is 0 Å². The zero-order valence-corrected chi connectivity index (χ0v) is 13.3. The molecule has 1 saturated carbocycles. The van der Waals surface area contributed by atoms with E-state index in [1.807, 2.05) is 11.6 Å². The van der Waals surface area contributed by atoms with Gasteiger partial charge in [0.2, 0.25) is 0 Å². The van der Waals surface area contributed by atoms with Crippen LogP contribution in [0, 0.1) is 6.92 Å². The molecule has 0 aliphatic heterocycles. The minimum atomic E-state index is 0.708. The van der Waals surface area contributed by atoms with Crippen LogP contribution in [0.5, 0.6) is 0 Å². The first-order valence-electron chi connectivity index (χ1n) is 7.19. The average Bonchev–Trinajstić information content (AvgIpc) is 2.61. The van der Waals surface area contributed by atoms with E-state index in [1.165, 1.54) is 19.3 Å². The first kappa shape index (κ1) is 15.1. The lowest BCUT2D eigenvalue weighted by Crippen LogP contribution is -2.40. The van der Waals surface area contributed by atoms with Crippen molar-refractivity contribution in [3.63, 3.8) is 0 Å². The highest BCUT2D eigenvalue weighted by Gasteiger charge is 2.26. The molecule has 1 fully saturated rings. The van der Waals surface area contributed by atoms with E-state index in [0.717, 1.165) is 48.3 Å². The summed E-state index contributed by atoms with van der Waals surface area (Å²) in [5.41, 5.74) is 2.09. The molecule has 1 aliphatic carbocycles. The summed E-state index contributed by atoms with van der Waals surface area (Å²) in [6, 6.07) is 0.708. The van der Waals surface area contributed by atoms with Crippen molar-refractivity contribution in [2.75, 3.05) is 12.4 Å². The fraction of sp³-hybridized carbons (Fsp3) is 0.786. The van der Waals surface area contributed by atoms with Gasteiger partial charge < -0.3 is 0 Å². The Kier molecular flexibility index (Phi) is 5.55. The number of nitrogens with zero attached hydrogens (tertiary/aromatic N) is 3. The Balaban J connectivity index is 2.11. The maximum Gasteiger partial charge on any atom is 0.0860 e. The Labute approximate surface area is 125 Å². The highest BCUT2D eigenvalue weighted by atomic mass is 35.5. The average molecular weight is 304 g/mol. The molecule has 108 valence electrons. The van der Waals surface area contributed by atoms with Crippen LogP contribution >= 0.6 is 23.2 Å². The smallest absolute Gasteiger partial charge is 0.0860 e. The summed E-state index contributed by atoms with van der Waals surface area (Å²) in [6.45, 7) is 6.91. The fourth-order valence-electron chi connectivity index (χ4n) is 2.62. The third-order valence-electron chi connectivity index (χ3n) is 3.98. The molecule has 1 aromatic heterocycles. The van der Waals surface area contributed by atoms with Gasteiger partial charge in [-0.2, -0.15) is 5.10 Å². The Morgan fingerprint density at radius 3 is 2.68 bits per heavy atom. The molecule has 0 saturated heterocycles. The van der Waals surface area contributed by atoms with Crippen LogP contribution in [-0.2, 0) is 13.1 Å². The molecule has 0 N–H and O–H groups in total. The summed E-state index contributed by atoms with van der Waals surface area (Å²) in [5.74, 6) is 0.725. The van der Waals surface area contributed by atoms with Gasteiger partial charge in [-0.1, -0.05) is 18.0 Å². The monoisotopic (exact) mass is 303 g/mol. The molecule has 0 radical (unpaired) electrons. The van der Waals surface area contributed by atoms with E-state index in [-0.39, 0.29) is 0 Å². The van der Waals surface area contributed by atoms with Gasteiger partial charge in [0.05, 0.1) is 16.4 Å². The van der Waals surface area contributed by atoms with Gasteiger partial charge in [0, 0.05) is 25.0 Å². The van der Waals surface area contributed by atoms with Crippen LogP contribution in [0.1, 0.15) is 44.0 Å². The molecular weight excluding hydrogens is 281 g/mol. The summed E-state index contributed by atoms with van der Waals surface area (Å²) in [5, 5.41) is 5.33. The molecule has 19 heavy (non-hydrogen) atoms. The first-order chi connectivity index (χ1) is 9.17. The van der Waals surface area contributed by atoms with Gasteiger partial charge in [-0.3, -0.25) is 9.58 Å². The molecule has 0 aromatic carbocycles. The van der Waals surface area contributed by atoms with Crippen LogP contribution in [0.25, 0.3) is 0 Å². The molecule has 5 heteroatoms. The number of hydrogen-bond donors (Lipinski definition) is 0. The van der Waals surface area contributed by atoms with Crippen molar-refractivity contribution in [3.8, 4) is 0 Å². The first-order valence-corrected chi connectivity index (χ1v) is 8.10. The van der Waals surface area contributed by atoms with Crippen LogP contribution in [0.4, 0.5) is 0 Å². The van der Waals surface area contributed by atoms with E-state index in [4.69, 9.17) is 23.2 Å². The molecule has 0 atom stereocenters. The standard InChI is InChI=1S/C14H23Cl2N3/c1-3-19-13(14(16)11(2)17-19)10-18(9-5-8-15)12-6-4-7-12/h12H,3-10H2,1-2H3. The predicted molar refractivity (Wildman–Crippen MR) is 81.0 cm³/mol. The number of aryl methyl sites for hydroxylation is 2. The highest BCUT2D eigenvalue weighted by molar-refractivity contribution is 6.31. The molecule has 0 unspecified atom stereocenters. The number of hydrogen-bond acceptors (Lipinski definition) is 2. The largest absolute Gasteiger partial charge is 0.294 e. The van der Waals surface area contributed by atoms with Gasteiger partial charge in [-0.25, -0.2) is 0 Å². The minimum Gasteiger partial charge on any atom is -0.294 e. The van der Waals surface area contributed by atoms with Crippen molar-refractivity contribution in [1.82, 2.24) is 14.7 Å². The van der Waals surface area contributed by atoms with Crippen LogP contribution in [0.2, 0.25) is 5.02 Å². The second kappa shape index (κ2) is 6.96. The van der Waals surface area contributed by atoms with Gasteiger partial charge >= 0.3 is 0 Å². The molecule has 3 nitrogen and oxygen atoms in total. The molecule has 1 aromatic rings. The second-order valence-corrected chi connectivity index (χ2v) is 6.02. The molecule has 1 heterocycles. The minimum absolute atomic E-state index is 0.708. The van der Waals surface area contributed by atoms with E-state index in [0.29, 0.717) is 6.04 Å². The van der Waals surface area contributed by atoms with E-state index >= 15 is 0 Å². The SMILES string of the molecule is CCn1nc(C)c(Cl)c1CN(CCCCl)C1CCC1. The van der Waals surface area contributed by atoms with Gasteiger partial charge in [-0.15, -0.1) is 11.6 Å². The summed E-state index contributed by atoms with van der Waals surface area (Å²) < 4.78 is 2.03. The number of aromatic nitrogens is 2. The van der Waals surface area contributed by atoms with E-state index in [2.05, 4.69) is 16.9 Å². The topological polar surface area (TPSA) is 21.1 Å². The lowest BCUT2D eigenvalue weighted by molar-refractivity contribution is 0.116. The molecular formula is C14H23Cl2N3. The fourth-order valence-corrected chi connectivity index (χ4v) is 2.93. The molecule has 1 aliphatic rings. The lowest BCUT2D eigenvalue weighted by Gasteiger charge is -2.37. The van der Waals surface area contributed by atoms with Gasteiger partial charge in [0.1, 0.15) is 0 Å². The second-order valence-electron chi connectivity index (χ2n) is 5.26. The van der Waals surface area contributed by atoms with Gasteiger partial charge in [-0.05, 0) is 39.7 Å². The summed E-state index contributed by atoms with van der Waals surface area (Å²) >= 11 is 12.2. The number of halogens is 2. The van der Waals surface area contributed by atoms with Gasteiger partial charge in [0.15, 0.2) is 0 Å². The third-order valence-corrected chi connectivity index (χ3v) is 4.73. The zero-order chi connectivity index (χ0) is 13.8. The van der Waals surface area contributed by atoms with Crippen LogP contribution < -0.4 is 0 Å². The van der Waals surface area contributed by atoms with Crippen molar-refractivity contribution in [2.45, 2.75) is 58.7 Å². The summed E-state index contributed by atoms with van der Waals surface area (Å²) in [7, 11) is 0. The molecule has 0 bridgehead atoms. The predicted octanol–water partition coefficient (Wildman–Crippen LogP) is 3.85. The Morgan fingerprint density at radius 2 is 2.16 bits per heavy atom. The van der Waals surface area contributed by atoms with Crippen molar-refractivity contribution in [1.29, 1.82) is 0 Å². The Morgan fingerprint density at radius 1 is 1.42 bits per heavy atom. The zero-order valence-electron chi connectivity index (χ0n) is 11.8. The maximum atomic E-state index is 6.40. The maximum absolute atomic E-state index is 6.40. The van der Waals surface area contributed by atoms with Crippen LogP contribution in [0.15, 0.2) is 0 Å². The van der Waals surface area contributed by atoms with E-state index < -0.39 is 0 Å². The third kappa shape index (κ3) is 3.45. The van der Waals surface area contributed by atoms with Crippen LogP contribution in [0.3, 0.4) is 0 Å². The normalized spacial score (nSPS) is 16.1. The summed E-state index contributed by atoms with van der Waals surface area (Å²) in [6.07, 6.45) is 5.00. The van der Waals surface area contributed by atoms with Gasteiger partial charge in [0.25, 0.3) is 0 Å². The Bertz CT molecular complexity index is 413. The van der Waals surface area contributed by atoms with Crippen molar-refractivity contribution < 1.29 is 0 Å². The van der Waals surface area contributed by atoms with E-state index in [9.17, 15) is 0 Å². The van der Waals surface area contributed by atoms with Crippen molar-refractivity contribution in [3.05, 3.63) is 16.4 Å². The molecule has 0 spiro atoms. The van der Waals surface area contributed by atoms with Crippen LogP contribution in [-0.4, -0.2) is 33.1 Å². The van der Waals surface area contributed by atoms with E-state index in [1.54, 1.807) is 0 Å².